The molecule has 1 aliphatic rings. The molecule has 92 valence electrons. The molecular formula is C15H9B2NO2. The van der Waals surface area contributed by atoms with E-state index in [-0.39, 0.29) is 5.69 Å². The highest BCUT2D eigenvalue weighted by atomic mass is 16.2. The molecule has 0 fully saturated rings. The molecule has 2 aromatic rings. The summed E-state index contributed by atoms with van der Waals surface area (Å²) in [6, 6.07) is 10.1. The first-order valence-electron chi connectivity index (χ1n) is 6.14. The number of amides is 2. The fraction of sp³-hybridized carbons (Fsp3) is 0.0667. The molecule has 0 aliphatic carbocycles. The Hall–Kier alpha value is -2.29. The lowest BCUT2D eigenvalue weighted by molar-refractivity contribution is 0.0926. The van der Waals surface area contributed by atoms with E-state index in [2.05, 4.69) is 0 Å². The number of aryl methyl sites for hydroxylation is 1. The molecule has 0 saturated carbocycles. The van der Waals surface area contributed by atoms with Crippen molar-refractivity contribution in [3.63, 3.8) is 0 Å². The largest absolute Gasteiger partial charge is 0.268 e. The molecule has 20 heavy (non-hydrogen) atoms. The van der Waals surface area contributed by atoms with Gasteiger partial charge in [-0.25, -0.2) is 4.90 Å². The first-order chi connectivity index (χ1) is 9.50. The molecule has 0 aromatic heterocycles. The highest BCUT2D eigenvalue weighted by Gasteiger charge is 2.37. The molecule has 0 unspecified atom stereocenters. The monoisotopic (exact) mass is 257 g/mol. The third-order valence-corrected chi connectivity index (χ3v) is 3.33. The van der Waals surface area contributed by atoms with Crippen LogP contribution >= 0.6 is 0 Å². The zero-order valence-electron chi connectivity index (χ0n) is 10.9. The Labute approximate surface area is 119 Å². The molecule has 1 aliphatic heterocycles. The molecule has 2 amide bonds. The number of nitrogens with zero attached hydrogens (tertiary/aromatic N) is 1. The summed E-state index contributed by atoms with van der Waals surface area (Å²) < 4.78 is 0. The number of hydrogen-bond donors (Lipinski definition) is 0. The summed E-state index contributed by atoms with van der Waals surface area (Å²) in [6.07, 6.45) is 0. The van der Waals surface area contributed by atoms with E-state index < -0.39 is 11.8 Å². The van der Waals surface area contributed by atoms with Gasteiger partial charge in [0.15, 0.2) is 0 Å². The lowest BCUT2D eigenvalue weighted by atomic mass is 9.82. The summed E-state index contributed by atoms with van der Waals surface area (Å²) >= 11 is 0. The molecule has 3 rings (SSSR count). The molecule has 0 bridgehead atoms. The molecule has 0 atom stereocenters. The van der Waals surface area contributed by atoms with E-state index in [0.29, 0.717) is 22.1 Å². The lowest BCUT2D eigenvalue weighted by Crippen LogP contribution is -2.38. The van der Waals surface area contributed by atoms with Gasteiger partial charge >= 0.3 is 0 Å². The Morgan fingerprint density at radius 1 is 0.900 bits per heavy atom. The van der Waals surface area contributed by atoms with E-state index in [4.69, 9.17) is 15.7 Å². The van der Waals surface area contributed by atoms with Crippen molar-refractivity contribution >= 4 is 44.1 Å². The molecule has 3 nitrogen and oxygen atoms in total. The van der Waals surface area contributed by atoms with Gasteiger partial charge in [0, 0.05) is 5.69 Å². The molecule has 5 heteroatoms. The van der Waals surface area contributed by atoms with Crippen molar-refractivity contribution in [2.75, 3.05) is 4.90 Å². The van der Waals surface area contributed by atoms with Crippen LogP contribution in [0.2, 0.25) is 0 Å². The van der Waals surface area contributed by atoms with E-state index in [1.54, 1.807) is 36.4 Å². The van der Waals surface area contributed by atoms with E-state index in [0.717, 1.165) is 10.5 Å². The summed E-state index contributed by atoms with van der Waals surface area (Å²) in [4.78, 5) is 25.8. The van der Waals surface area contributed by atoms with Gasteiger partial charge in [-0.05, 0) is 19.1 Å². The van der Waals surface area contributed by atoms with Crippen LogP contribution in [0.1, 0.15) is 26.3 Å². The van der Waals surface area contributed by atoms with Gasteiger partial charge in [-0.15, -0.1) is 0 Å². The Morgan fingerprint density at radius 2 is 1.35 bits per heavy atom. The number of carbonyl (C=O) groups excluding carboxylic acids is 2. The van der Waals surface area contributed by atoms with Crippen molar-refractivity contribution in [3.05, 3.63) is 53.1 Å². The predicted molar refractivity (Wildman–Crippen MR) is 79.5 cm³/mol. The number of fused-ring (bicyclic) bond motifs is 1. The highest BCUT2D eigenvalue weighted by Crippen LogP contribution is 2.26. The average molecular weight is 257 g/mol. The van der Waals surface area contributed by atoms with Gasteiger partial charge in [-0.3, -0.25) is 9.59 Å². The van der Waals surface area contributed by atoms with Gasteiger partial charge in [0.2, 0.25) is 0 Å². The maximum absolute atomic E-state index is 12.4. The number of carbonyl (C=O) groups is 2. The summed E-state index contributed by atoms with van der Waals surface area (Å²) in [5, 5.41) is 0. The van der Waals surface area contributed by atoms with Crippen LogP contribution in [-0.4, -0.2) is 27.5 Å². The molecule has 4 radical (unpaired) electrons. The second kappa shape index (κ2) is 4.37. The topological polar surface area (TPSA) is 37.4 Å². The Morgan fingerprint density at radius 3 is 1.80 bits per heavy atom. The van der Waals surface area contributed by atoms with Crippen LogP contribution < -0.4 is 15.8 Å². The molecule has 0 N–H and O–H groups in total. The first kappa shape index (κ1) is 12.7. The van der Waals surface area contributed by atoms with Gasteiger partial charge in [0.1, 0.15) is 15.7 Å². The number of imide groups is 1. The van der Waals surface area contributed by atoms with Crippen LogP contribution in [0.3, 0.4) is 0 Å². The first-order valence-corrected chi connectivity index (χ1v) is 6.14. The van der Waals surface area contributed by atoms with Gasteiger partial charge in [-0.1, -0.05) is 40.8 Å². The minimum absolute atomic E-state index is 0.266. The standard InChI is InChI=1S/C15H9B2NO2/c1-8-6-11(16)13(12(17)7-8)18-14(19)9-4-2-3-5-10(9)15(18)20/h2-7H,1H3. The molecule has 0 spiro atoms. The Bertz CT molecular complexity index is 697. The predicted octanol–water partition coefficient (Wildman–Crippen LogP) is 0.383. The second-order valence-electron chi connectivity index (χ2n) is 4.78. The van der Waals surface area contributed by atoms with Gasteiger partial charge in [0.05, 0.1) is 11.1 Å². The van der Waals surface area contributed by atoms with Gasteiger partial charge < -0.3 is 0 Å². The summed E-state index contributed by atoms with van der Waals surface area (Å²) in [5.74, 6) is -0.791. The van der Waals surface area contributed by atoms with Crippen LogP contribution in [0.5, 0.6) is 0 Å². The van der Waals surface area contributed by atoms with Crippen molar-refractivity contribution < 1.29 is 9.59 Å². The minimum atomic E-state index is -0.396. The third kappa shape index (κ3) is 1.70. The molecule has 0 saturated heterocycles. The fourth-order valence-electron chi connectivity index (χ4n) is 2.49. The van der Waals surface area contributed by atoms with E-state index >= 15 is 0 Å². The molecule has 2 aromatic carbocycles. The van der Waals surface area contributed by atoms with Crippen LogP contribution in [0.15, 0.2) is 36.4 Å². The Kier molecular flexibility index (Phi) is 2.78. The molecule has 1 heterocycles. The average Bonchev–Trinajstić information content (AvgIpc) is 2.64. The minimum Gasteiger partial charge on any atom is -0.268 e. The quantitative estimate of drug-likeness (QED) is 0.547. The lowest BCUT2D eigenvalue weighted by Gasteiger charge is -2.20. The van der Waals surface area contributed by atoms with E-state index in [9.17, 15) is 9.59 Å². The normalized spacial score (nSPS) is 13.8. The maximum Gasteiger partial charge on any atom is 0.266 e. The second-order valence-corrected chi connectivity index (χ2v) is 4.78. The summed E-state index contributed by atoms with van der Waals surface area (Å²) in [7, 11) is 11.9. The van der Waals surface area contributed by atoms with Crippen LogP contribution in [0.25, 0.3) is 0 Å². The molecular weight excluding hydrogens is 248 g/mol. The van der Waals surface area contributed by atoms with Crippen molar-refractivity contribution in [2.45, 2.75) is 6.92 Å². The van der Waals surface area contributed by atoms with Gasteiger partial charge in [0.25, 0.3) is 11.8 Å². The van der Waals surface area contributed by atoms with Crippen LogP contribution in [0, 0.1) is 6.92 Å². The van der Waals surface area contributed by atoms with Crippen LogP contribution in [-0.2, 0) is 0 Å². The zero-order valence-corrected chi connectivity index (χ0v) is 10.9. The number of benzene rings is 2. The number of rotatable bonds is 1. The van der Waals surface area contributed by atoms with Crippen molar-refractivity contribution in [1.29, 1.82) is 0 Å². The van der Waals surface area contributed by atoms with Crippen LogP contribution in [0.4, 0.5) is 5.69 Å². The van der Waals surface area contributed by atoms with Gasteiger partial charge in [-0.2, -0.15) is 0 Å². The maximum atomic E-state index is 12.4. The van der Waals surface area contributed by atoms with Crippen molar-refractivity contribution in [3.8, 4) is 0 Å². The van der Waals surface area contributed by atoms with Crippen molar-refractivity contribution in [2.24, 2.45) is 0 Å². The smallest absolute Gasteiger partial charge is 0.266 e. The summed E-state index contributed by atoms with van der Waals surface area (Å²) in [6.45, 7) is 1.85. The van der Waals surface area contributed by atoms with E-state index in [1.807, 2.05) is 6.92 Å². The zero-order chi connectivity index (χ0) is 14.4. The van der Waals surface area contributed by atoms with Crippen molar-refractivity contribution in [1.82, 2.24) is 0 Å². The highest BCUT2D eigenvalue weighted by molar-refractivity contribution is 6.49. The number of anilines is 1. The third-order valence-electron chi connectivity index (χ3n) is 3.33. The number of hydrogen-bond acceptors (Lipinski definition) is 2. The SMILES string of the molecule is [B]c1cc(C)cc([B])c1N1C(=O)c2ccccc2C1=O. The Balaban J connectivity index is 2.19. The van der Waals surface area contributed by atoms with E-state index in [1.165, 1.54) is 0 Å². The fourth-order valence-corrected chi connectivity index (χ4v) is 2.49. The summed E-state index contributed by atoms with van der Waals surface area (Å²) in [5.41, 5.74) is 2.52.